The molecule has 0 aliphatic heterocycles. The second-order valence-corrected chi connectivity index (χ2v) is 5.87. The number of aryl methyl sites for hydroxylation is 2. The van der Waals surface area contributed by atoms with Crippen LogP contribution < -0.4 is 10.9 Å². The van der Waals surface area contributed by atoms with Crippen molar-refractivity contribution in [1.82, 2.24) is 10.2 Å². The second kappa shape index (κ2) is 5.01. The average molecular weight is 314 g/mol. The monoisotopic (exact) mass is 313 g/mol. The molecule has 0 atom stereocenters. The fourth-order valence-corrected chi connectivity index (χ4v) is 2.75. The Morgan fingerprint density at radius 3 is 2.94 bits per heavy atom. The summed E-state index contributed by atoms with van der Waals surface area (Å²) < 4.78 is 0.484. The van der Waals surface area contributed by atoms with Crippen molar-refractivity contribution in [2.24, 2.45) is 0 Å². The number of hydrogen-bond acceptors (Lipinski definition) is 4. The largest absolute Gasteiger partial charge is 0.378 e. The summed E-state index contributed by atoms with van der Waals surface area (Å²) in [6, 6.07) is 2.15. The molecule has 4 nitrogen and oxygen atoms in total. The third-order valence-corrected chi connectivity index (χ3v) is 4.41. The maximum Gasteiger partial charge on any atom is 0.280 e. The number of aromatic nitrogens is 2. The molecule has 2 heterocycles. The first-order valence-electron chi connectivity index (χ1n) is 5.11. The van der Waals surface area contributed by atoms with E-state index in [-0.39, 0.29) is 5.56 Å². The Kier molecular flexibility index (Phi) is 3.63. The van der Waals surface area contributed by atoms with Crippen molar-refractivity contribution in [3.63, 3.8) is 0 Å². The lowest BCUT2D eigenvalue weighted by molar-refractivity contribution is 0.972. The van der Waals surface area contributed by atoms with Crippen LogP contribution in [0.15, 0.2) is 21.5 Å². The maximum absolute atomic E-state index is 11.3. The first-order chi connectivity index (χ1) is 8.08. The number of halogens is 1. The second-order valence-electron chi connectivity index (χ2n) is 3.73. The SMILES string of the molecule is Cc1cc(CNc2cn[nH]c(=O)c2Br)sc1C. The number of nitrogens with one attached hydrogen (secondary N) is 2. The summed E-state index contributed by atoms with van der Waals surface area (Å²) in [6.07, 6.45) is 1.60. The molecule has 0 aromatic carbocycles. The van der Waals surface area contributed by atoms with Gasteiger partial charge in [-0.15, -0.1) is 11.3 Å². The Hall–Kier alpha value is -1.14. The molecule has 2 aromatic heterocycles. The fraction of sp³-hybridized carbons (Fsp3) is 0.273. The highest BCUT2D eigenvalue weighted by molar-refractivity contribution is 9.10. The molecule has 2 aromatic rings. The molecular formula is C11H12BrN3OS. The van der Waals surface area contributed by atoms with E-state index in [0.717, 1.165) is 0 Å². The van der Waals surface area contributed by atoms with Crippen LogP contribution in [-0.4, -0.2) is 10.2 Å². The van der Waals surface area contributed by atoms with Gasteiger partial charge in [0.1, 0.15) is 4.47 Å². The number of nitrogens with zero attached hydrogens (tertiary/aromatic N) is 1. The molecule has 2 N–H and O–H groups in total. The lowest BCUT2D eigenvalue weighted by Crippen LogP contribution is -2.11. The van der Waals surface area contributed by atoms with Crippen molar-refractivity contribution >= 4 is 33.0 Å². The van der Waals surface area contributed by atoms with Gasteiger partial charge in [0.15, 0.2) is 0 Å². The zero-order valence-corrected chi connectivity index (χ0v) is 11.9. The van der Waals surface area contributed by atoms with E-state index >= 15 is 0 Å². The fourth-order valence-electron chi connectivity index (χ4n) is 1.43. The average Bonchev–Trinajstić information content (AvgIpc) is 2.61. The summed E-state index contributed by atoms with van der Waals surface area (Å²) in [5.41, 5.74) is 1.78. The molecule has 0 fully saturated rings. The van der Waals surface area contributed by atoms with Gasteiger partial charge in [0, 0.05) is 16.3 Å². The highest BCUT2D eigenvalue weighted by atomic mass is 79.9. The minimum Gasteiger partial charge on any atom is -0.378 e. The van der Waals surface area contributed by atoms with Crippen LogP contribution in [0.5, 0.6) is 0 Å². The van der Waals surface area contributed by atoms with Gasteiger partial charge in [0.2, 0.25) is 0 Å². The van der Waals surface area contributed by atoms with Gasteiger partial charge in [0.25, 0.3) is 5.56 Å². The normalized spacial score (nSPS) is 10.5. The van der Waals surface area contributed by atoms with E-state index < -0.39 is 0 Å². The molecular weight excluding hydrogens is 302 g/mol. The molecule has 0 saturated carbocycles. The van der Waals surface area contributed by atoms with Crippen LogP contribution in [0.3, 0.4) is 0 Å². The Balaban J connectivity index is 2.12. The first-order valence-corrected chi connectivity index (χ1v) is 6.72. The summed E-state index contributed by atoms with van der Waals surface area (Å²) in [7, 11) is 0. The lowest BCUT2D eigenvalue weighted by atomic mass is 10.3. The van der Waals surface area contributed by atoms with Crippen molar-refractivity contribution in [2.75, 3.05) is 5.32 Å². The topological polar surface area (TPSA) is 57.8 Å². The van der Waals surface area contributed by atoms with Gasteiger partial charge in [-0.2, -0.15) is 5.10 Å². The first kappa shape index (κ1) is 12.3. The van der Waals surface area contributed by atoms with Crippen molar-refractivity contribution < 1.29 is 0 Å². The van der Waals surface area contributed by atoms with Gasteiger partial charge >= 0.3 is 0 Å². The summed E-state index contributed by atoms with van der Waals surface area (Å²) >= 11 is 4.99. The van der Waals surface area contributed by atoms with Gasteiger partial charge < -0.3 is 5.32 Å². The van der Waals surface area contributed by atoms with Gasteiger partial charge in [-0.1, -0.05) is 0 Å². The number of rotatable bonds is 3. The van der Waals surface area contributed by atoms with E-state index in [1.165, 1.54) is 15.3 Å². The maximum atomic E-state index is 11.3. The van der Waals surface area contributed by atoms with E-state index in [1.807, 2.05) is 0 Å². The quantitative estimate of drug-likeness (QED) is 0.916. The summed E-state index contributed by atoms with van der Waals surface area (Å²) in [5, 5.41) is 9.31. The molecule has 2 rings (SSSR count). The minimum absolute atomic E-state index is 0.228. The van der Waals surface area contributed by atoms with Crippen LogP contribution >= 0.6 is 27.3 Å². The molecule has 0 spiro atoms. The molecule has 0 saturated heterocycles. The molecule has 0 aliphatic rings. The zero-order valence-electron chi connectivity index (χ0n) is 9.50. The number of anilines is 1. The highest BCUT2D eigenvalue weighted by Gasteiger charge is 2.05. The molecule has 0 aliphatic carbocycles. The van der Waals surface area contributed by atoms with E-state index in [1.54, 1.807) is 17.5 Å². The summed E-state index contributed by atoms with van der Waals surface area (Å²) in [4.78, 5) is 13.9. The zero-order chi connectivity index (χ0) is 12.4. The Morgan fingerprint density at radius 2 is 2.29 bits per heavy atom. The molecule has 0 unspecified atom stereocenters. The van der Waals surface area contributed by atoms with E-state index in [2.05, 4.69) is 51.4 Å². The molecule has 6 heteroatoms. The Morgan fingerprint density at radius 1 is 1.53 bits per heavy atom. The van der Waals surface area contributed by atoms with Crippen molar-refractivity contribution in [2.45, 2.75) is 20.4 Å². The predicted octanol–water partition coefficient (Wildman–Crippen LogP) is 2.82. The number of aromatic amines is 1. The van der Waals surface area contributed by atoms with Crippen LogP contribution in [0.25, 0.3) is 0 Å². The van der Waals surface area contributed by atoms with Crippen LogP contribution in [0.1, 0.15) is 15.3 Å². The molecule has 0 radical (unpaired) electrons. The highest BCUT2D eigenvalue weighted by Crippen LogP contribution is 2.22. The van der Waals surface area contributed by atoms with Crippen molar-refractivity contribution in [3.8, 4) is 0 Å². The van der Waals surface area contributed by atoms with Crippen LogP contribution in [-0.2, 0) is 6.54 Å². The van der Waals surface area contributed by atoms with Crippen molar-refractivity contribution in [3.05, 3.63) is 42.4 Å². The predicted molar refractivity (Wildman–Crippen MR) is 73.7 cm³/mol. The van der Waals surface area contributed by atoms with Crippen LogP contribution in [0, 0.1) is 13.8 Å². The van der Waals surface area contributed by atoms with Crippen LogP contribution in [0.2, 0.25) is 0 Å². The van der Waals surface area contributed by atoms with E-state index in [4.69, 9.17) is 0 Å². The van der Waals surface area contributed by atoms with E-state index in [9.17, 15) is 4.79 Å². The number of H-pyrrole nitrogens is 1. The third kappa shape index (κ3) is 2.76. The van der Waals surface area contributed by atoms with Gasteiger partial charge in [-0.3, -0.25) is 4.79 Å². The molecule has 0 amide bonds. The Bertz CT molecular complexity index is 571. The standard InChI is InChI=1S/C11H12BrN3OS/c1-6-3-8(17-7(6)2)4-13-9-5-14-15-11(16)10(9)12/h3,5H,4H2,1-2H3,(H2,13,15,16). The lowest BCUT2D eigenvalue weighted by Gasteiger charge is -2.05. The molecule has 90 valence electrons. The molecule has 0 bridgehead atoms. The van der Waals surface area contributed by atoms with Crippen LogP contribution in [0.4, 0.5) is 5.69 Å². The van der Waals surface area contributed by atoms with Gasteiger partial charge in [-0.05, 0) is 41.4 Å². The molecule has 17 heavy (non-hydrogen) atoms. The smallest absolute Gasteiger partial charge is 0.280 e. The Labute approximate surface area is 111 Å². The number of thiophene rings is 1. The van der Waals surface area contributed by atoms with Gasteiger partial charge in [0.05, 0.1) is 11.9 Å². The summed E-state index contributed by atoms with van der Waals surface area (Å²) in [5.74, 6) is 0. The summed E-state index contributed by atoms with van der Waals surface area (Å²) in [6.45, 7) is 4.90. The minimum atomic E-state index is -0.228. The third-order valence-electron chi connectivity index (χ3n) is 2.47. The van der Waals surface area contributed by atoms with Crippen molar-refractivity contribution in [1.29, 1.82) is 0 Å². The number of hydrogen-bond donors (Lipinski definition) is 2. The van der Waals surface area contributed by atoms with Gasteiger partial charge in [-0.25, -0.2) is 5.10 Å². The van der Waals surface area contributed by atoms with E-state index in [0.29, 0.717) is 16.7 Å².